The van der Waals surface area contributed by atoms with E-state index in [1.807, 2.05) is 24.3 Å². The Hall–Kier alpha value is -3.46. The van der Waals surface area contributed by atoms with Gasteiger partial charge in [0.25, 0.3) is 0 Å². The van der Waals surface area contributed by atoms with Gasteiger partial charge in [-0.1, -0.05) is 12.1 Å². The first-order chi connectivity index (χ1) is 15.0. The Labute approximate surface area is 178 Å². The summed E-state index contributed by atoms with van der Waals surface area (Å²) in [5.74, 6) is -0.523. The number of methoxy groups -OCH3 is 1. The van der Waals surface area contributed by atoms with Gasteiger partial charge in [-0.3, -0.25) is 9.48 Å². The Morgan fingerprint density at radius 1 is 1.16 bits per heavy atom. The zero-order valence-corrected chi connectivity index (χ0v) is 17.0. The molecule has 0 saturated carbocycles. The summed E-state index contributed by atoms with van der Waals surface area (Å²) in [4.78, 5) is 14.6. The molecule has 31 heavy (non-hydrogen) atoms. The standard InChI is InChI=1S/C22H22F2N4O3/c1-30-17-5-2-15(3-6-17)18-13-28(26-22(18)27-8-10-31-11-9-27)14-21(29)25-20-7-4-16(23)12-19(20)24/h2-7,12-13H,8-11,14H2,1H3,(H,25,29). The molecule has 2 aromatic carbocycles. The molecule has 0 aliphatic carbocycles. The van der Waals surface area contributed by atoms with Crippen molar-refractivity contribution in [2.75, 3.05) is 43.6 Å². The highest BCUT2D eigenvalue weighted by molar-refractivity contribution is 5.90. The molecule has 1 saturated heterocycles. The molecule has 7 nitrogen and oxygen atoms in total. The molecule has 1 fully saturated rings. The molecule has 1 aliphatic heterocycles. The third kappa shape index (κ3) is 4.83. The van der Waals surface area contributed by atoms with Crippen molar-refractivity contribution >= 4 is 17.4 Å². The molecule has 2 heterocycles. The average molecular weight is 428 g/mol. The van der Waals surface area contributed by atoms with Crippen molar-refractivity contribution < 1.29 is 23.0 Å². The number of carbonyl (C=O) groups is 1. The van der Waals surface area contributed by atoms with Crippen LogP contribution in [0.25, 0.3) is 11.1 Å². The number of rotatable bonds is 6. The van der Waals surface area contributed by atoms with Crippen LogP contribution in [-0.4, -0.2) is 49.1 Å². The van der Waals surface area contributed by atoms with Crippen LogP contribution < -0.4 is 15.0 Å². The molecule has 4 rings (SSSR count). The van der Waals surface area contributed by atoms with Crippen molar-refractivity contribution in [1.29, 1.82) is 0 Å². The van der Waals surface area contributed by atoms with Gasteiger partial charge in [0.05, 0.1) is 26.0 Å². The van der Waals surface area contributed by atoms with Crippen molar-refractivity contribution in [3.8, 4) is 16.9 Å². The van der Waals surface area contributed by atoms with E-state index in [1.165, 1.54) is 10.7 Å². The van der Waals surface area contributed by atoms with Gasteiger partial charge in [-0.15, -0.1) is 0 Å². The van der Waals surface area contributed by atoms with E-state index in [0.717, 1.165) is 34.8 Å². The summed E-state index contributed by atoms with van der Waals surface area (Å²) in [7, 11) is 1.61. The maximum Gasteiger partial charge on any atom is 0.246 e. The lowest BCUT2D eigenvalue weighted by Crippen LogP contribution is -2.36. The van der Waals surface area contributed by atoms with Crippen LogP contribution in [0.5, 0.6) is 5.75 Å². The second-order valence-corrected chi connectivity index (χ2v) is 7.06. The van der Waals surface area contributed by atoms with Crippen molar-refractivity contribution in [2.45, 2.75) is 6.54 Å². The minimum atomic E-state index is -0.832. The molecular formula is C22H22F2N4O3. The Morgan fingerprint density at radius 3 is 2.58 bits per heavy atom. The largest absolute Gasteiger partial charge is 0.497 e. The summed E-state index contributed by atoms with van der Waals surface area (Å²) in [6.07, 6.45) is 1.78. The monoisotopic (exact) mass is 428 g/mol. The molecule has 0 radical (unpaired) electrons. The highest BCUT2D eigenvalue weighted by atomic mass is 19.1. The maximum atomic E-state index is 13.8. The number of nitrogens with one attached hydrogen (secondary N) is 1. The highest BCUT2D eigenvalue weighted by Gasteiger charge is 2.21. The Bertz CT molecular complexity index is 1060. The minimum absolute atomic E-state index is 0.0812. The summed E-state index contributed by atoms with van der Waals surface area (Å²) in [5.41, 5.74) is 1.71. The van der Waals surface area contributed by atoms with Gasteiger partial charge in [-0.05, 0) is 29.8 Å². The summed E-state index contributed by atoms with van der Waals surface area (Å²) in [5, 5.41) is 7.07. The molecule has 3 aromatic rings. The molecule has 0 atom stereocenters. The number of carbonyl (C=O) groups excluding carboxylic acids is 1. The van der Waals surface area contributed by atoms with E-state index in [-0.39, 0.29) is 12.2 Å². The zero-order valence-electron chi connectivity index (χ0n) is 17.0. The molecular weight excluding hydrogens is 406 g/mol. The number of halogens is 2. The van der Waals surface area contributed by atoms with Gasteiger partial charge in [0.1, 0.15) is 23.9 Å². The van der Waals surface area contributed by atoms with Gasteiger partial charge in [-0.2, -0.15) is 5.10 Å². The molecule has 1 N–H and O–H groups in total. The van der Waals surface area contributed by atoms with E-state index in [4.69, 9.17) is 9.47 Å². The molecule has 0 bridgehead atoms. The van der Waals surface area contributed by atoms with E-state index in [1.54, 1.807) is 13.3 Å². The van der Waals surface area contributed by atoms with Gasteiger partial charge in [-0.25, -0.2) is 8.78 Å². The summed E-state index contributed by atoms with van der Waals surface area (Å²) >= 11 is 0. The van der Waals surface area contributed by atoms with Crippen molar-refractivity contribution in [2.24, 2.45) is 0 Å². The molecule has 9 heteroatoms. The van der Waals surface area contributed by atoms with Gasteiger partial charge in [0.2, 0.25) is 5.91 Å². The van der Waals surface area contributed by atoms with Crippen molar-refractivity contribution in [3.63, 3.8) is 0 Å². The number of aromatic nitrogens is 2. The predicted octanol–water partition coefficient (Wildman–Crippen LogP) is 3.31. The second-order valence-electron chi connectivity index (χ2n) is 7.06. The number of anilines is 2. The number of nitrogens with zero attached hydrogens (tertiary/aromatic N) is 3. The average Bonchev–Trinajstić information content (AvgIpc) is 3.20. The first-order valence-electron chi connectivity index (χ1n) is 9.83. The Kier molecular flexibility index (Phi) is 6.13. The van der Waals surface area contributed by atoms with E-state index in [2.05, 4.69) is 15.3 Å². The molecule has 162 valence electrons. The second kappa shape index (κ2) is 9.13. The highest BCUT2D eigenvalue weighted by Crippen LogP contribution is 2.31. The SMILES string of the molecule is COc1ccc(-c2cn(CC(=O)Nc3ccc(F)cc3F)nc2N2CCOCC2)cc1. The van der Waals surface area contributed by atoms with Crippen LogP contribution in [0.4, 0.5) is 20.3 Å². The third-order valence-corrected chi connectivity index (χ3v) is 4.96. The summed E-state index contributed by atoms with van der Waals surface area (Å²) in [6.45, 7) is 2.45. The zero-order chi connectivity index (χ0) is 21.8. The van der Waals surface area contributed by atoms with Crippen LogP contribution in [-0.2, 0) is 16.1 Å². The number of amides is 1. The predicted molar refractivity (Wildman–Crippen MR) is 112 cm³/mol. The van der Waals surface area contributed by atoms with Crippen molar-refractivity contribution in [3.05, 3.63) is 60.3 Å². The smallest absolute Gasteiger partial charge is 0.246 e. The quantitative estimate of drug-likeness (QED) is 0.653. The van der Waals surface area contributed by atoms with E-state index in [9.17, 15) is 13.6 Å². The summed E-state index contributed by atoms with van der Waals surface area (Å²) in [6, 6.07) is 10.6. The first-order valence-corrected chi connectivity index (χ1v) is 9.83. The van der Waals surface area contributed by atoms with Gasteiger partial charge in [0.15, 0.2) is 5.82 Å². The Morgan fingerprint density at radius 2 is 1.90 bits per heavy atom. The summed E-state index contributed by atoms with van der Waals surface area (Å²) < 4.78 is 39.1. The van der Waals surface area contributed by atoms with Crippen LogP contribution in [0.1, 0.15) is 0 Å². The van der Waals surface area contributed by atoms with Gasteiger partial charge < -0.3 is 19.7 Å². The van der Waals surface area contributed by atoms with E-state index in [0.29, 0.717) is 26.3 Å². The van der Waals surface area contributed by atoms with Crippen LogP contribution >= 0.6 is 0 Å². The third-order valence-electron chi connectivity index (χ3n) is 4.96. The topological polar surface area (TPSA) is 68.6 Å². The lowest BCUT2D eigenvalue weighted by Gasteiger charge is -2.27. The van der Waals surface area contributed by atoms with E-state index < -0.39 is 17.5 Å². The lowest BCUT2D eigenvalue weighted by molar-refractivity contribution is -0.116. The molecule has 1 aliphatic rings. The minimum Gasteiger partial charge on any atom is -0.497 e. The normalized spacial score (nSPS) is 13.8. The fourth-order valence-electron chi connectivity index (χ4n) is 3.40. The Balaban J connectivity index is 1.58. The van der Waals surface area contributed by atoms with Gasteiger partial charge >= 0.3 is 0 Å². The van der Waals surface area contributed by atoms with Gasteiger partial charge in [0, 0.05) is 30.9 Å². The maximum absolute atomic E-state index is 13.8. The van der Waals surface area contributed by atoms with E-state index >= 15 is 0 Å². The molecule has 1 aromatic heterocycles. The number of ether oxygens (including phenoxy) is 2. The number of hydrogen-bond acceptors (Lipinski definition) is 5. The van der Waals surface area contributed by atoms with Crippen LogP contribution in [0.3, 0.4) is 0 Å². The van der Waals surface area contributed by atoms with Crippen LogP contribution in [0.15, 0.2) is 48.7 Å². The molecule has 0 spiro atoms. The lowest BCUT2D eigenvalue weighted by atomic mass is 10.1. The molecule has 0 unspecified atom stereocenters. The fraction of sp³-hybridized carbons (Fsp3) is 0.273. The van der Waals surface area contributed by atoms with Crippen molar-refractivity contribution in [1.82, 2.24) is 9.78 Å². The van der Waals surface area contributed by atoms with Crippen LogP contribution in [0.2, 0.25) is 0 Å². The number of benzene rings is 2. The van der Waals surface area contributed by atoms with Crippen LogP contribution in [0, 0.1) is 11.6 Å². The number of morpholine rings is 1. The molecule has 1 amide bonds. The first kappa shape index (κ1) is 20.8. The number of hydrogen-bond donors (Lipinski definition) is 1. The fourth-order valence-corrected chi connectivity index (χ4v) is 3.40.